The van der Waals surface area contributed by atoms with Crippen LogP contribution in [-0.4, -0.2) is 22.9 Å². The van der Waals surface area contributed by atoms with Crippen molar-refractivity contribution in [2.24, 2.45) is 0 Å². The van der Waals surface area contributed by atoms with Gasteiger partial charge in [0.05, 0.1) is 15.6 Å². The summed E-state index contributed by atoms with van der Waals surface area (Å²) in [7, 11) is 0. The number of benzene rings is 2. The lowest BCUT2D eigenvalue weighted by molar-refractivity contribution is 0.241. The third kappa shape index (κ3) is 4.81. The summed E-state index contributed by atoms with van der Waals surface area (Å²) >= 11 is 6.64. The van der Waals surface area contributed by atoms with Crippen LogP contribution >= 0.6 is 31.9 Å². The van der Waals surface area contributed by atoms with Crippen LogP contribution in [0.2, 0.25) is 0 Å². The molecule has 1 unspecified atom stereocenters. The van der Waals surface area contributed by atoms with E-state index < -0.39 is 0 Å². The van der Waals surface area contributed by atoms with Gasteiger partial charge in [0, 0.05) is 12.6 Å². The quantitative estimate of drug-likeness (QED) is 0.676. The van der Waals surface area contributed by atoms with Crippen molar-refractivity contribution in [3.8, 4) is 5.75 Å². The zero-order chi connectivity index (χ0) is 15.2. The van der Waals surface area contributed by atoms with Crippen LogP contribution in [0.1, 0.15) is 11.1 Å². The zero-order valence-corrected chi connectivity index (χ0v) is 14.6. The van der Waals surface area contributed by atoms with Gasteiger partial charge in [-0.2, -0.15) is 0 Å². The Labute approximate surface area is 141 Å². The fraction of sp³-hybridized carbons (Fsp3) is 0.250. The summed E-state index contributed by atoms with van der Waals surface area (Å²) < 4.78 is 1.30. The second kappa shape index (κ2) is 7.94. The first-order valence-electron chi connectivity index (χ1n) is 6.65. The molecule has 0 saturated carbocycles. The molecule has 3 N–H and O–H groups in total. The number of phenolic OH excluding ortho intramolecular Hbond substituents is 1. The summed E-state index contributed by atoms with van der Waals surface area (Å²) in [6, 6.07) is 13.8. The van der Waals surface area contributed by atoms with Gasteiger partial charge in [-0.25, -0.2) is 0 Å². The molecule has 0 aromatic heterocycles. The van der Waals surface area contributed by atoms with Crippen LogP contribution in [0.5, 0.6) is 5.75 Å². The summed E-state index contributed by atoms with van der Waals surface area (Å²) in [5.41, 5.74) is 2.22. The van der Waals surface area contributed by atoms with E-state index in [1.54, 1.807) is 0 Å². The van der Waals surface area contributed by atoms with Crippen LogP contribution in [0.4, 0.5) is 0 Å². The Morgan fingerprint density at radius 3 is 2.19 bits per heavy atom. The van der Waals surface area contributed by atoms with Crippen LogP contribution < -0.4 is 5.32 Å². The number of aliphatic hydroxyl groups is 1. The third-order valence-corrected chi connectivity index (χ3v) is 4.43. The Bertz CT molecular complexity index is 567. The van der Waals surface area contributed by atoms with E-state index in [-0.39, 0.29) is 18.4 Å². The van der Waals surface area contributed by atoms with E-state index >= 15 is 0 Å². The maximum absolute atomic E-state index is 9.70. The largest absolute Gasteiger partial charge is 0.506 e. The molecule has 0 spiro atoms. The van der Waals surface area contributed by atoms with Gasteiger partial charge in [0.25, 0.3) is 0 Å². The lowest BCUT2D eigenvalue weighted by atomic mass is 10.1. The van der Waals surface area contributed by atoms with Gasteiger partial charge in [-0.05, 0) is 61.5 Å². The van der Waals surface area contributed by atoms with Crippen molar-refractivity contribution in [1.82, 2.24) is 5.32 Å². The monoisotopic (exact) mass is 413 g/mol. The van der Waals surface area contributed by atoms with Gasteiger partial charge in [0.1, 0.15) is 5.75 Å². The van der Waals surface area contributed by atoms with Gasteiger partial charge < -0.3 is 15.5 Å². The maximum Gasteiger partial charge on any atom is 0.143 e. The lowest BCUT2D eigenvalue weighted by Crippen LogP contribution is -2.34. The van der Waals surface area contributed by atoms with Crippen LogP contribution in [0.25, 0.3) is 0 Å². The van der Waals surface area contributed by atoms with Crippen molar-refractivity contribution in [3.63, 3.8) is 0 Å². The minimum Gasteiger partial charge on any atom is -0.506 e. The van der Waals surface area contributed by atoms with Crippen LogP contribution in [0.3, 0.4) is 0 Å². The highest BCUT2D eigenvalue weighted by atomic mass is 79.9. The van der Waals surface area contributed by atoms with E-state index in [0.29, 0.717) is 15.5 Å². The van der Waals surface area contributed by atoms with Crippen LogP contribution in [-0.2, 0) is 13.0 Å². The molecule has 0 aliphatic carbocycles. The molecule has 0 aliphatic rings. The molecule has 0 amide bonds. The van der Waals surface area contributed by atoms with E-state index in [4.69, 9.17) is 0 Å². The Balaban J connectivity index is 1.97. The predicted molar refractivity (Wildman–Crippen MR) is 91.4 cm³/mol. The standard InChI is InChI=1S/C16H17Br2NO2/c17-14-7-12(8-15(18)16(14)21)9-19-13(10-20)6-11-4-2-1-3-5-11/h1-5,7-8,13,19-21H,6,9-10H2. The van der Waals surface area contributed by atoms with E-state index in [0.717, 1.165) is 12.0 Å². The molecule has 0 bridgehead atoms. The number of aromatic hydroxyl groups is 1. The predicted octanol–water partition coefficient (Wildman–Crippen LogP) is 3.61. The Kier molecular flexibility index (Phi) is 6.23. The average molecular weight is 415 g/mol. The molecule has 2 aromatic rings. The zero-order valence-electron chi connectivity index (χ0n) is 11.4. The highest BCUT2D eigenvalue weighted by Gasteiger charge is 2.10. The molecule has 112 valence electrons. The molecule has 3 nitrogen and oxygen atoms in total. The van der Waals surface area contributed by atoms with Crippen LogP contribution in [0.15, 0.2) is 51.4 Å². The van der Waals surface area contributed by atoms with E-state index in [2.05, 4.69) is 49.3 Å². The highest BCUT2D eigenvalue weighted by molar-refractivity contribution is 9.11. The SMILES string of the molecule is OCC(Cc1ccccc1)NCc1cc(Br)c(O)c(Br)c1. The molecule has 0 radical (unpaired) electrons. The summed E-state index contributed by atoms with van der Waals surface area (Å²) in [5, 5.41) is 22.5. The molecule has 0 heterocycles. The maximum atomic E-state index is 9.70. The smallest absolute Gasteiger partial charge is 0.143 e. The first kappa shape index (κ1) is 16.5. The summed E-state index contributed by atoms with van der Waals surface area (Å²) in [6.07, 6.45) is 0.776. The average Bonchev–Trinajstić information content (AvgIpc) is 2.49. The topological polar surface area (TPSA) is 52.5 Å². The fourth-order valence-electron chi connectivity index (χ4n) is 2.08. The van der Waals surface area contributed by atoms with Gasteiger partial charge in [0.15, 0.2) is 0 Å². The second-order valence-corrected chi connectivity index (χ2v) is 6.57. The number of hydrogen-bond donors (Lipinski definition) is 3. The molecule has 0 saturated heterocycles. The Morgan fingerprint density at radius 1 is 1.00 bits per heavy atom. The summed E-state index contributed by atoms with van der Waals surface area (Å²) in [5.74, 6) is 0.196. The van der Waals surface area contributed by atoms with Gasteiger partial charge in [-0.3, -0.25) is 0 Å². The van der Waals surface area contributed by atoms with Gasteiger partial charge in [-0.15, -0.1) is 0 Å². The first-order chi connectivity index (χ1) is 10.1. The minimum absolute atomic E-state index is 0.00115. The highest BCUT2D eigenvalue weighted by Crippen LogP contribution is 2.33. The number of rotatable bonds is 6. The molecular weight excluding hydrogens is 398 g/mol. The van der Waals surface area contributed by atoms with Crippen molar-refractivity contribution in [3.05, 3.63) is 62.5 Å². The van der Waals surface area contributed by atoms with Crippen LogP contribution in [0, 0.1) is 0 Å². The Hall–Kier alpha value is -0.880. The summed E-state index contributed by atoms with van der Waals surface area (Å²) in [6.45, 7) is 0.699. The van der Waals surface area contributed by atoms with Crippen molar-refractivity contribution in [1.29, 1.82) is 0 Å². The number of halogens is 2. The van der Waals surface area contributed by atoms with Gasteiger partial charge >= 0.3 is 0 Å². The number of aliphatic hydroxyl groups excluding tert-OH is 1. The normalized spacial score (nSPS) is 12.3. The molecule has 0 fully saturated rings. The number of nitrogens with one attached hydrogen (secondary N) is 1. The fourth-order valence-corrected chi connectivity index (χ4v) is 3.36. The van der Waals surface area contributed by atoms with E-state index in [9.17, 15) is 10.2 Å². The van der Waals surface area contributed by atoms with Gasteiger partial charge in [-0.1, -0.05) is 30.3 Å². The molecule has 2 aromatic carbocycles. The molecule has 2 rings (SSSR count). The van der Waals surface area contributed by atoms with Crippen molar-refractivity contribution < 1.29 is 10.2 Å². The van der Waals surface area contributed by atoms with Gasteiger partial charge in [0.2, 0.25) is 0 Å². The second-order valence-electron chi connectivity index (χ2n) is 4.86. The third-order valence-electron chi connectivity index (χ3n) is 3.22. The van der Waals surface area contributed by atoms with Crippen molar-refractivity contribution in [2.75, 3.05) is 6.61 Å². The minimum atomic E-state index is -0.00115. The van der Waals surface area contributed by atoms with Crippen molar-refractivity contribution >= 4 is 31.9 Å². The molecule has 21 heavy (non-hydrogen) atoms. The number of hydrogen-bond acceptors (Lipinski definition) is 3. The number of phenols is 1. The lowest BCUT2D eigenvalue weighted by Gasteiger charge is -2.17. The summed E-state index contributed by atoms with van der Waals surface area (Å²) in [4.78, 5) is 0. The molecule has 1 atom stereocenters. The van der Waals surface area contributed by atoms with E-state index in [1.165, 1.54) is 5.56 Å². The van der Waals surface area contributed by atoms with Crippen molar-refractivity contribution in [2.45, 2.75) is 19.0 Å². The Morgan fingerprint density at radius 2 is 1.62 bits per heavy atom. The van der Waals surface area contributed by atoms with E-state index in [1.807, 2.05) is 30.3 Å². The first-order valence-corrected chi connectivity index (χ1v) is 8.24. The molecule has 0 aliphatic heterocycles. The molecular formula is C16H17Br2NO2. The molecule has 5 heteroatoms.